The molecule has 0 bridgehead atoms. The Morgan fingerprint density at radius 3 is 1.82 bits per heavy atom. The highest BCUT2D eigenvalue weighted by atomic mass is 31.0. The van der Waals surface area contributed by atoms with E-state index in [1.807, 2.05) is 0 Å². The molecule has 4 atom stereocenters. The van der Waals surface area contributed by atoms with E-state index < -0.39 is 0 Å². The second kappa shape index (κ2) is 5.14. The first-order chi connectivity index (χ1) is 5.00. The quantitative estimate of drug-likeness (QED) is 0.571. The molecule has 0 aliphatic rings. The number of hydrogen-bond acceptors (Lipinski definition) is 0. The Bertz CT molecular complexity index is 99.0. The van der Waals surface area contributed by atoms with Gasteiger partial charge in [-0.05, 0) is 23.4 Å². The van der Waals surface area contributed by atoms with Crippen molar-refractivity contribution in [2.75, 3.05) is 0 Å². The smallest absolute Gasteiger partial charge is 0.0210 e. The van der Waals surface area contributed by atoms with E-state index in [1.165, 1.54) is 6.42 Å². The monoisotopic (exact) mass is 174 g/mol. The maximum absolute atomic E-state index is 3.00. The molecule has 0 radical (unpaired) electrons. The van der Waals surface area contributed by atoms with Gasteiger partial charge >= 0.3 is 0 Å². The van der Waals surface area contributed by atoms with Gasteiger partial charge in [0.25, 0.3) is 0 Å². The van der Waals surface area contributed by atoms with Crippen LogP contribution in [0.2, 0.25) is 0 Å². The van der Waals surface area contributed by atoms with Gasteiger partial charge in [0.2, 0.25) is 0 Å². The standard InChI is InChI=1S/C10H23P/c1-6-8(4)10(11)9(5)7(2)3/h7-10H,6,11H2,1-5H3. The lowest BCUT2D eigenvalue weighted by molar-refractivity contribution is 0.339. The summed E-state index contributed by atoms with van der Waals surface area (Å²) in [5.41, 5.74) is 0.792. The van der Waals surface area contributed by atoms with Crippen molar-refractivity contribution in [2.45, 2.75) is 46.7 Å². The molecule has 0 aliphatic heterocycles. The van der Waals surface area contributed by atoms with Crippen LogP contribution in [0.1, 0.15) is 41.0 Å². The Morgan fingerprint density at radius 1 is 1.09 bits per heavy atom. The van der Waals surface area contributed by atoms with E-state index in [0.717, 1.165) is 23.4 Å². The van der Waals surface area contributed by atoms with Crippen molar-refractivity contribution in [1.82, 2.24) is 0 Å². The number of rotatable bonds is 4. The molecule has 0 spiro atoms. The lowest BCUT2D eigenvalue weighted by Gasteiger charge is -2.27. The van der Waals surface area contributed by atoms with E-state index in [4.69, 9.17) is 0 Å². The third kappa shape index (κ3) is 3.56. The summed E-state index contributed by atoms with van der Waals surface area (Å²) in [6, 6.07) is 0. The minimum Gasteiger partial charge on any atom is -0.134 e. The predicted molar refractivity (Wildman–Crippen MR) is 57.0 cm³/mol. The van der Waals surface area contributed by atoms with Crippen LogP contribution in [0, 0.1) is 17.8 Å². The molecule has 0 aromatic carbocycles. The lowest BCUT2D eigenvalue weighted by atomic mass is 9.87. The van der Waals surface area contributed by atoms with E-state index in [9.17, 15) is 0 Å². The minimum atomic E-state index is 0.792. The highest BCUT2D eigenvalue weighted by Crippen LogP contribution is 2.28. The van der Waals surface area contributed by atoms with Crippen LogP contribution in [0.15, 0.2) is 0 Å². The third-order valence-corrected chi connectivity index (χ3v) is 4.22. The maximum atomic E-state index is 3.00. The molecule has 0 heterocycles. The van der Waals surface area contributed by atoms with Crippen LogP contribution >= 0.6 is 9.24 Å². The van der Waals surface area contributed by atoms with E-state index in [-0.39, 0.29) is 0 Å². The summed E-state index contributed by atoms with van der Waals surface area (Å²) >= 11 is 0. The van der Waals surface area contributed by atoms with Gasteiger partial charge in [-0.2, -0.15) is 0 Å². The predicted octanol–water partition coefficient (Wildman–Crippen LogP) is 3.57. The lowest BCUT2D eigenvalue weighted by Crippen LogP contribution is -2.23. The van der Waals surface area contributed by atoms with Gasteiger partial charge in [-0.1, -0.05) is 41.0 Å². The third-order valence-electron chi connectivity index (χ3n) is 2.96. The zero-order valence-corrected chi connectivity index (χ0v) is 9.75. The Morgan fingerprint density at radius 2 is 1.55 bits per heavy atom. The normalized spacial score (nSPS) is 19.9. The summed E-state index contributed by atoms with van der Waals surface area (Å²) < 4.78 is 0. The van der Waals surface area contributed by atoms with Gasteiger partial charge in [-0.25, -0.2) is 0 Å². The molecule has 0 nitrogen and oxygen atoms in total. The van der Waals surface area contributed by atoms with Crippen molar-refractivity contribution in [1.29, 1.82) is 0 Å². The SMILES string of the molecule is CCC(C)C(P)C(C)C(C)C. The summed E-state index contributed by atoms with van der Waals surface area (Å²) in [6.07, 6.45) is 1.30. The molecule has 0 saturated carbocycles. The summed E-state index contributed by atoms with van der Waals surface area (Å²) in [4.78, 5) is 0. The molecule has 0 amide bonds. The van der Waals surface area contributed by atoms with Crippen LogP contribution in [0.25, 0.3) is 0 Å². The van der Waals surface area contributed by atoms with E-state index in [1.54, 1.807) is 0 Å². The zero-order valence-electron chi connectivity index (χ0n) is 8.59. The molecule has 0 saturated heterocycles. The van der Waals surface area contributed by atoms with Crippen LogP contribution < -0.4 is 0 Å². The van der Waals surface area contributed by atoms with Crippen LogP contribution in [-0.2, 0) is 0 Å². The molecular formula is C10H23P. The van der Waals surface area contributed by atoms with Crippen molar-refractivity contribution < 1.29 is 0 Å². The first-order valence-electron chi connectivity index (χ1n) is 4.76. The van der Waals surface area contributed by atoms with Crippen molar-refractivity contribution in [3.05, 3.63) is 0 Å². The van der Waals surface area contributed by atoms with Gasteiger partial charge in [0.1, 0.15) is 0 Å². The van der Waals surface area contributed by atoms with Crippen LogP contribution in [0.5, 0.6) is 0 Å². The zero-order chi connectivity index (χ0) is 9.02. The largest absolute Gasteiger partial charge is 0.134 e. The highest BCUT2D eigenvalue weighted by Gasteiger charge is 2.19. The molecule has 0 rings (SSSR count). The van der Waals surface area contributed by atoms with Crippen molar-refractivity contribution >= 4 is 9.24 Å². The van der Waals surface area contributed by atoms with Gasteiger partial charge in [0.15, 0.2) is 0 Å². The first kappa shape index (κ1) is 11.4. The van der Waals surface area contributed by atoms with Gasteiger partial charge < -0.3 is 0 Å². The van der Waals surface area contributed by atoms with Crippen LogP contribution in [0.3, 0.4) is 0 Å². The second-order valence-corrected chi connectivity index (χ2v) is 4.84. The molecule has 0 aromatic heterocycles. The molecule has 0 fully saturated rings. The van der Waals surface area contributed by atoms with Gasteiger partial charge in [-0.3, -0.25) is 0 Å². The Balaban J connectivity index is 3.90. The summed E-state index contributed by atoms with van der Waals surface area (Å²) in [7, 11) is 3.00. The van der Waals surface area contributed by atoms with Gasteiger partial charge in [0.05, 0.1) is 0 Å². The summed E-state index contributed by atoms with van der Waals surface area (Å²) in [6.45, 7) is 11.6. The number of hydrogen-bond donors (Lipinski definition) is 0. The average molecular weight is 174 g/mol. The van der Waals surface area contributed by atoms with Crippen molar-refractivity contribution in [3.63, 3.8) is 0 Å². The molecule has 1 heteroatoms. The Labute approximate surface area is 74.4 Å². The maximum Gasteiger partial charge on any atom is -0.0210 e. The fourth-order valence-corrected chi connectivity index (χ4v) is 1.95. The summed E-state index contributed by atoms with van der Waals surface area (Å²) in [5.74, 6) is 2.49. The molecule has 0 aliphatic carbocycles. The van der Waals surface area contributed by atoms with Crippen LogP contribution in [-0.4, -0.2) is 5.66 Å². The molecule has 11 heavy (non-hydrogen) atoms. The van der Waals surface area contributed by atoms with E-state index >= 15 is 0 Å². The van der Waals surface area contributed by atoms with Crippen molar-refractivity contribution in [2.24, 2.45) is 17.8 Å². The van der Waals surface area contributed by atoms with Gasteiger partial charge in [-0.15, -0.1) is 9.24 Å². The molecule has 68 valence electrons. The Kier molecular flexibility index (Phi) is 5.34. The fraction of sp³-hybridized carbons (Fsp3) is 1.00. The molecular weight excluding hydrogens is 151 g/mol. The topological polar surface area (TPSA) is 0 Å². The molecule has 4 unspecified atom stereocenters. The fourth-order valence-electron chi connectivity index (χ4n) is 1.23. The minimum absolute atomic E-state index is 0.792. The molecule has 0 N–H and O–H groups in total. The van der Waals surface area contributed by atoms with Gasteiger partial charge in [0, 0.05) is 0 Å². The van der Waals surface area contributed by atoms with Crippen LogP contribution in [0.4, 0.5) is 0 Å². The highest BCUT2D eigenvalue weighted by molar-refractivity contribution is 7.17. The second-order valence-electron chi connectivity index (χ2n) is 4.07. The average Bonchev–Trinajstić information content (AvgIpc) is 2.00. The van der Waals surface area contributed by atoms with Crippen molar-refractivity contribution in [3.8, 4) is 0 Å². The van der Waals surface area contributed by atoms with E-state index in [0.29, 0.717) is 0 Å². The van der Waals surface area contributed by atoms with E-state index in [2.05, 4.69) is 43.9 Å². The molecule has 0 aromatic rings. The first-order valence-corrected chi connectivity index (χ1v) is 5.42. The Hall–Kier alpha value is 0.430. The summed E-state index contributed by atoms with van der Waals surface area (Å²) in [5, 5.41) is 0.